The number of nitrogens with zero attached hydrogens (tertiary/aromatic N) is 1. The van der Waals surface area contributed by atoms with E-state index in [0.29, 0.717) is 16.1 Å². The molecule has 2 aromatic rings. The molecular formula is C19H14ClNO5. The number of hydrogen-bond acceptors (Lipinski definition) is 4. The van der Waals surface area contributed by atoms with Crippen LogP contribution >= 0.6 is 11.6 Å². The van der Waals surface area contributed by atoms with E-state index >= 15 is 0 Å². The number of carbonyl (C=O) groups is 3. The fourth-order valence-corrected chi connectivity index (χ4v) is 3.06. The van der Waals surface area contributed by atoms with Crippen LogP contribution < -0.4 is 0 Å². The molecule has 1 fully saturated rings. The number of Topliss-reactive ketones (excluding diaryl/α,β-unsaturated/α-hetero) is 1. The molecule has 0 bridgehead atoms. The van der Waals surface area contributed by atoms with Gasteiger partial charge in [0.05, 0.1) is 11.6 Å². The van der Waals surface area contributed by atoms with E-state index in [1.54, 1.807) is 54.6 Å². The highest BCUT2D eigenvalue weighted by atomic mass is 35.5. The quantitative estimate of drug-likeness (QED) is 0.489. The van der Waals surface area contributed by atoms with Crippen LogP contribution in [0.15, 0.2) is 60.2 Å². The number of amides is 1. The van der Waals surface area contributed by atoms with Gasteiger partial charge in [0.1, 0.15) is 12.3 Å². The normalized spacial score (nSPS) is 19.0. The Morgan fingerprint density at radius 3 is 2.19 bits per heavy atom. The monoisotopic (exact) mass is 371 g/mol. The van der Waals surface area contributed by atoms with Gasteiger partial charge in [-0.1, -0.05) is 54.1 Å². The van der Waals surface area contributed by atoms with Crippen LogP contribution in [0, 0.1) is 0 Å². The van der Waals surface area contributed by atoms with Crippen molar-refractivity contribution >= 4 is 35.0 Å². The van der Waals surface area contributed by atoms with Crippen molar-refractivity contribution in [2.75, 3.05) is 6.54 Å². The van der Waals surface area contributed by atoms with Gasteiger partial charge in [-0.3, -0.25) is 14.4 Å². The summed E-state index contributed by atoms with van der Waals surface area (Å²) in [6.45, 7) is -0.663. The molecule has 26 heavy (non-hydrogen) atoms. The molecule has 0 unspecified atom stereocenters. The highest BCUT2D eigenvalue weighted by Crippen LogP contribution is 2.39. The number of benzene rings is 2. The first kappa shape index (κ1) is 17.7. The summed E-state index contributed by atoms with van der Waals surface area (Å²) < 4.78 is 0. The third-order valence-electron chi connectivity index (χ3n) is 4.08. The average Bonchev–Trinajstić information content (AvgIpc) is 2.87. The standard InChI is InChI=1S/C19H14ClNO5/c20-13-8-6-11(7-9-13)16-15(17(24)12-4-2-1-3-5-12)18(25)19(26)21(16)10-14(22)23/h1-9,16,24H,10H2,(H,22,23)/b17-15+/t16-/m1/s1. The fraction of sp³-hybridized carbons (Fsp3) is 0.105. The number of aliphatic carboxylic acids is 1. The maximum Gasteiger partial charge on any atom is 0.323 e. The van der Waals surface area contributed by atoms with Gasteiger partial charge < -0.3 is 15.1 Å². The lowest BCUT2D eigenvalue weighted by molar-refractivity contribution is -0.146. The van der Waals surface area contributed by atoms with Crippen LogP contribution in [0.4, 0.5) is 0 Å². The van der Waals surface area contributed by atoms with Gasteiger partial charge in [0.25, 0.3) is 11.7 Å². The Kier molecular flexibility index (Phi) is 4.77. The largest absolute Gasteiger partial charge is 0.507 e. The summed E-state index contributed by atoms with van der Waals surface area (Å²) in [7, 11) is 0. The molecule has 1 amide bonds. The van der Waals surface area contributed by atoms with E-state index in [-0.39, 0.29) is 11.3 Å². The summed E-state index contributed by atoms with van der Waals surface area (Å²) in [4.78, 5) is 37.0. The topological polar surface area (TPSA) is 94.9 Å². The lowest BCUT2D eigenvalue weighted by atomic mass is 9.95. The zero-order valence-corrected chi connectivity index (χ0v) is 14.2. The number of aliphatic hydroxyl groups excluding tert-OH is 1. The predicted molar refractivity (Wildman–Crippen MR) is 94.5 cm³/mol. The van der Waals surface area contributed by atoms with Gasteiger partial charge in [0.2, 0.25) is 0 Å². The number of ketones is 1. The lowest BCUT2D eigenvalue weighted by Gasteiger charge is -2.23. The fourth-order valence-electron chi connectivity index (χ4n) is 2.93. The van der Waals surface area contributed by atoms with Gasteiger partial charge in [-0.25, -0.2) is 0 Å². The Morgan fingerprint density at radius 2 is 1.62 bits per heavy atom. The molecule has 2 aromatic carbocycles. The highest BCUT2D eigenvalue weighted by Gasteiger charge is 2.46. The first-order chi connectivity index (χ1) is 12.4. The summed E-state index contributed by atoms with van der Waals surface area (Å²) in [6.07, 6.45) is 0. The predicted octanol–water partition coefficient (Wildman–Crippen LogP) is 2.85. The van der Waals surface area contributed by atoms with E-state index in [4.69, 9.17) is 16.7 Å². The van der Waals surface area contributed by atoms with Crippen LogP contribution in [0.2, 0.25) is 5.02 Å². The Bertz CT molecular complexity index is 905. The maximum atomic E-state index is 12.5. The second kappa shape index (κ2) is 7.01. The molecule has 1 heterocycles. The molecule has 0 spiro atoms. The summed E-state index contributed by atoms with van der Waals surface area (Å²) >= 11 is 5.89. The Morgan fingerprint density at radius 1 is 1.00 bits per heavy atom. The molecule has 1 aliphatic heterocycles. The van der Waals surface area contributed by atoms with Crippen molar-refractivity contribution in [1.82, 2.24) is 4.90 Å². The Hall–Kier alpha value is -3.12. The summed E-state index contributed by atoms with van der Waals surface area (Å²) in [5.41, 5.74) is 0.692. The van der Waals surface area contributed by atoms with Gasteiger partial charge in [-0.2, -0.15) is 0 Å². The summed E-state index contributed by atoms with van der Waals surface area (Å²) in [6, 6.07) is 13.6. The molecule has 1 saturated heterocycles. The number of carboxylic acids is 1. The number of hydrogen-bond donors (Lipinski definition) is 2. The summed E-state index contributed by atoms with van der Waals surface area (Å²) in [5.74, 6) is -3.50. The van der Waals surface area contributed by atoms with Crippen LogP contribution in [-0.2, 0) is 14.4 Å². The second-order valence-corrected chi connectivity index (χ2v) is 6.17. The average molecular weight is 372 g/mol. The van der Waals surface area contributed by atoms with Gasteiger partial charge in [-0.15, -0.1) is 0 Å². The van der Waals surface area contributed by atoms with E-state index in [0.717, 1.165) is 4.90 Å². The minimum absolute atomic E-state index is 0.148. The van der Waals surface area contributed by atoms with Crippen LogP contribution in [0.25, 0.3) is 5.76 Å². The lowest BCUT2D eigenvalue weighted by Crippen LogP contribution is -2.34. The first-order valence-corrected chi connectivity index (χ1v) is 8.09. The molecule has 1 atom stereocenters. The number of likely N-dealkylation sites (tertiary alicyclic amines) is 1. The second-order valence-electron chi connectivity index (χ2n) is 5.74. The molecule has 2 N–H and O–H groups in total. The van der Waals surface area contributed by atoms with Crippen molar-refractivity contribution in [1.29, 1.82) is 0 Å². The van der Waals surface area contributed by atoms with Crippen LogP contribution in [0.1, 0.15) is 17.2 Å². The molecule has 0 saturated carbocycles. The van der Waals surface area contributed by atoms with Crippen LogP contribution in [0.5, 0.6) is 0 Å². The van der Waals surface area contributed by atoms with Crippen molar-refractivity contribution in [2.45, 2.75) is 6.04 Å². The number of carbonyl (C=O) groups excluding carboxylic acids is 2. The Labute approximate surface area is 153 Å². The molecule has 0 aromatic heterocycles. The van der Waals surface area contributed by atoms with E-state index in [1.807, 2.05) is 0 Å². The van der Waals surface area contributed by atoms with E-state index in [2.05, 4.69) is 0 Å². The van der Waals surface area contributed by atoms with Gasteiger partial charge in [0, 0.05) is 10.6 Å². The maximum absolute atomic E-state index is 12.5. The Balaban J connectivity index is 2.19. The molecule has 3 rings (SSSR count). The van der Waals surface area contributed by atoms with Gasteiger partial charge in [-0.05, 0) is 17.7 Å². The molecule has 132 valence electrons. The van der Waals surface area contributed by atoms with E-state index in [1.165, 1.54) is 0 Å². The number of aliphatic hydroxyl groups is 1. The van der Waals surface area contributed by atoms with E-state index in [9.17, 15) is 19.5 Å². The van der Waals surface area contributed by atoms with E-state index < -0.39 is 30.2 Å². The third kappa shape index (κ3) is 3.19. The first-order valence-electron chi connectivity index (χ1n) is 7.71. The van der Waals surface area contributed by atoms with Gasteiger partial charge in [0.15, 0.2) is 0 Å². The molecule has 6 nitrogen and oxygen atoms in total. The zero-order chi connectivity index (χ0) is 18.8. The van der Waals surface area contributed by atoms with Crippen LogP contribution in [0.3, 0.4) is 0 Å². The molecule has 0 radical (unpaired) electrons. The molecule has 1 aliphatic rings. The van der Waals surface area contributed by atoms with Crippen molar-refractivity contribution < 1.29 is 24.6 Å². The minimum Gasteiger partial charge on any atom is -0.507 e. The van der Waals surface area contributed by atoms with Crippen molar-refractivity contribution in [3.05, 3.63) is 76.3 Å². The van der Waals surface area contributed by atoms with Crippen molar-refractivity contribution in [3.63, 3.8) is 0 Å². The number of carboxylic acid groups (broad SMARTS) is 1. The molecular weight excluding hydrogens is 358 g/mol. The zero-order valence-electron chi connectivity index (χ0n) is 13.4. The smallest absolute Gasteiger partial charge is 0.323 e. The SMILES string of the molecule is O=C(O)CN1C(=O)C(=O)/C(=C(/O)c2ccccc2)[C@H]1c1ccc(Cl)cc1. The highest BCUT2D eigenvalue weighted by molar-refractivity contribution is 6.46. The third-order valence-corrected chi connectivity index (χ3v) is 4.33. The minimum atomic E-state index is -1.26. The van der Waals surface area contributed by atoms with Crippen molar-refractivity contribution in [3.8, 4) is 0 Å². The van der Waals surface area contributed by atoms with Gasteiger partial charge >= 0.3 is 5.97 Å². The number of rotatable bonds is 4. The number of halogens is 1. The van der Waals surface area contributed by atoms with Crippen LogP contribution in [-0.4, -0.2) is 39.3 Å². The van der Waals surface area contributed by atoms with Crippen molar-refractivity contribution in [2.24, 2.45) is 0 Å². The summed E-state index contributed by atoms with van der Waals surface area (Å²) in [5, 5.41) is 20.2. The molecule has 7 heteroatoms. The molecule has 0 aliphatic carbocycles.